The molecule has 0 unspecified atom stereocenters. The summed E-state index contributed by atoms with van der Waals surface area (Å²) in [5.41, 5.74) is 4.08. The number of rotatable bonds is 5. The van der Waals surface area contributed by atoms with Crippen molar-refractivity contribution >= 4 is 40.7 Å². The van der Waals surface area contributed by atoms with Crippen molar-refractivity contribution in [3.8, 4) is 0 Å². The number of hydrogen-bond acceptors (Lipinski definition) is 5. The van der Waals surface area contributed by atoms with E-state index in [1.807, 2.05) is 11.8 Å². The van der Waals surface area contributed by atoms with Gasteiger partial charge in [0.05, 0.1) is 35.7 Å². The van der Waals surface area contributed by atoms with Gasteiger partial charge in [0.2, 0.25) is 5.91 Å². The first kappa shape index (κ1) is 23.3. The largest absolute Gasteiger partial charge is 0.379 e. The van der Waals surface area contributed by atoms with Crippen LogP contribution in [0, 0.1) is 12.7 Å². The molecular formula is C25H28FN5O4. The number of aromatic nitrogens is 1. The van der Waals surface area contributed by atoms with E-state index in [1.165, 1.54) is 19.1 Å². The number of amides is 3. The van der Waals surface area contributed by atoms with Gasteiger partial charge in [-0.15, -0.1) is 0 Å². The Morgan fingerprint density at radius 1 is 1.20 bits per heavy atom. The van der Waals surface area contributed by atoms with Crippen LogP contribution < -0.4 is 10.6 Å². The summed E-state index contributed by atoms with van der Waals surface area (Å²) in [7, 11) is 0. The monoisotopic (exact) mass is 481 g/mol. The first-order valence-corrected chi connectivity index (χ1v) is 11.8. The summed E-state index contributed by atoms with van der Waals surface area (Å²) in [6, 6.07) is 2.44. The van der Waals surface area contributed by atoms with Gasteiger partial charge < -0.3 is 25.3 Å². The number of nitrogens with one attached hydrogen (secondary N) is 3. The number of aromatic amines is 1. The summed E-state index contributed by atoms with van der Waals surface area (Å²) in [4.78, 5) is 45.1. The molecule has 9 nitrogen and oxygen atoms in total. The highest BCUT2D eigenvalue weighted by Gasteiger charge is 2.32. The molecule has 1 aromatic carbocycles. The van der Waals surface area contributed by atoms with Crippen LogP contribution in [0.15, 0.2) is 12.1 Å². The molecule has 0 radical (unpaired) electrons. The van der Waals surface area contributed by atoms with E-state index in [2.05, 4.69) is 20.5 Å². The molecule has 35 heavy (non-hydrogen) atoms. The van der Waals surface area contributed by atoms with Crippen molar-refractivity contribution in [2.45, 2.75) is 20.3 Å². The predicted octanol–water partition coefficient (Wildman–Crippen LogP) is 2.24. The Morgan fingerprint density at radius 2 is 1.97 bits per heavy atom. The van der Waals surface area contributed by atoms with Gasteiger partial charge in [-0.3, -0.25) is 19.3 Å². The van der Waals surface area contributed by atoms with E-state index in [9.17, 15) is 18.8 Å². The molecule has 1 fully saturated rings. The normalized spacial score (nSPS) is 19.1. The van der Waals surface area contributed by atoms with E-state index in [0.29, 0.717) is 42.0 Å². The molecular weight excluding hydrogens is 453 g/mol. The highest BCUT2D eigenvalue weighted by Crippen LogP contribution is 2.40. The third-order valence-electron chi connectivity index (χ3n) is 6.76. The van der Waals surface area contributed by atoms with Crippen molar-refractivity contribution in [1.29, 1.82) is 0 Å². The Kier molecular flexibility index (Phi) is 6.16. The minimum absolute atomic E-state index is 0.0202. The van der Waals surface area contributed by atoms with E-state index in [0.717, 1.165) is 44.1 Å². The van der Waals surface area contributed by atoms with Crippen molar-refractivity contribution in [1.82, 2.24) is 14.8 Å². The number of carbonyl (C=O) groups excluding carboxylic acids is 3. The molecule has 2 aromatic rings. The van der Waals surface area contributed by atoms with Gasteiger partial charge in [0.1, 0.15) is 5.82 Å². The average molecular weight is 482 g/mol. The molecule has 0 aliphatic carbocycles. The van der Waals surface area contributed by atoms with Crippen LogP contribution in [0.2, 0.25) is 0 Å². The molecule has 1 aromatic heterocycles. The van der Waals surface area contributed by atoms with Crippen LogP contribution in [0.25, 0.3) is 11.6 Å². The summed E-state index contributed by atoms with van der Waals surface area (Å²) < 4.78 is 19.7. The van der Waals surface area contributed by atoms with Gasteiger partial charge in [0.15, 0.2) is 0 Å². The second-order valence-corrected chi connectivity index (χ2v) is 9.08. The topological polar surface area (TPSA) is 107 Å². The van der Waals surface area contributed by atoms with E-state index in [4.69, 9.17) is 4.74 Å². The fourth-order valence-corrected chi connectivity index (χ4v) is 4.94. The molecule has 0 bridgehead atoms. The molecule has 3 aliphatic heterocycles. The van der Waals surface area contributed by atoms with Crippen molar-refractivity contribution in [3.05, 3.63) is 46.0 Å². The number of H-pyrrole nitrogens is 1. The molecule has 0 saturated carbocycles. The van der Waals surface area contributed by atoms with Crippen molar-refractivity contribution in [3.63, 3.8) is 0 Å². The SMILES string of the molecule is CC(=O)Nc1cc(F)cc2c1NC(=O)/C2=C/c1[nH]c2c(c1C)C(=O)N(CCN1CCOCC1)CC2. The Labute approximate surface area is 202 Å². The smallest absolute Gasteiger partial charge is 0.256 e. The molecule has 5 rings (SSSR count). The molecule has 10 heteroatoms. The first-order chi connectivity index (χ1) is 16.8. The lowest BCUT2D eigenvalue weighted by Gasteiger charge is -2.32. The fraction of sp³-hybridized carbons (Fsp3) is 0.400. The Balaban J connectivity index is 1.41. The maximum absolute atomic E-state index is 14.3. The van der Waals surface area contributed by atoms with E-state index >= 15 is 0 Å². The number of carbonyl (C=O) groups is 3. The number of hydrogen-bond donors (Lipinski definition) is 3. The van der Waals surface area contributed by atoms with Crippen molar-refractivity contribution in [2.75, 3.05) is 56.6 Å². The number of nitrogens with zero attached hydrogens (tertiary/aromatic N) is 2. The maximum atomic E-state index is 14.3. The number of ether oxygens (including phenoxy) is 1. The van der Waals surface area contributed by atoms with Gasteiger partial charge in [-0.2, -0.15) is 0 Å². The summed E-state index contributed by atoms with van der Waals surface area (Å²) in [6.45, 7) is 8.46. The number of morpholine rings is 1. The number of halogens is 1. The van der Waals surface area contributed by atoms with Gasteiger partial charge in [-0.05, 0) is 30.7 Å². The minimum atomic E-state index is -0.566. The quantitative estimate of drug-likeness (QED) is 0.568. The maximum Gasteiger partial charge on any atom is 0.256 e. The van der Waals surface area contributed by atoms with Gasteiger partial charge in [-0.1, -0.05) is 0 Å². The zero-order valence-electron chi connectivity index (χ0n) is 19.8. The molecule has 3 aliphatic rings. The van der Waals surface area contributed by atoms with Gasteiger partial charge in [0, 0.05) is 63.0 Å². The summed E-state index contributed by atoms with van der Waals surface area (Å²) in [6.07, 6.45) is 2.34. The Bertz CT molecular complexity index is 1240. The highest BCUT2D eigenvalue weighted by molar-refractivity contribution is 6.36. The summed E-state index contributed by atoms with van der Waals surface area (Å²) >= 11 is 0. The minimum Gasteiger partial charge on any atom is -0.379 e. The van der Waals surface area contributed by atoms with Crippen molar-refractivity contribution < 1.29 is 23.5 Å². The fourth-order valence-electron chi connectivity index (χ4n) is 4.94. The third-order valence-corrected chi connectivity index (χ3v) is 6.76. The molecule has 1 saturated heterocycles. The number of benzene rings is 1. The standard InChI is InChI=1S/C25H28FN5O4/c1-14-20(13-18-17-11-16(26)12-21(27-15(2)32)23(17)29-24(18)33)28-19-3-4-31(25(34)22(14)19)6-5-30-7-9-35-10-8-30/h11-13,28H,3-10H2,1-2H3,(H,27,32)(H,29,33)/b18-13+. The number of anilines is 2. The van der Waals surface area contributed by atoms with Gasteiger partial charge >= 0.3 is 0 Å². The lowest BCUT2D eigenvalue weighted by atomic mass is 10.0. The molecule has 184 valence electrons. The van der Waals surface area contributed by atoms with Crippen LogP contribution >= 0.6 is 0 Å². The molecule has 0 atom stereocenters. The lowest BCUT2D eigenvalue weighted by molar-refractivity contribution is -0.114. The van der Waals surface area contributed by atoms with Gasteiger partial charge in [-0.25, -0.2) is 4.39 Å². The lowest BCUT2D eigenvalue weighted by Crippen LogP contribution is -2.45. The third kappa shape index (κ3) is 4.46. The van der Waals surface area contributed by atoms with E-state index in [1.54, 1.807) is 6.08 Å². The van der Waals surface area contributed by atoms with Crippen molar-refractivity contribution in [2.24, 2.45) is 0 Å². The van der Waals surface area contributed by atoms with Crippen LogP contribution in [0.5, 0.6) is 0 Å². The first-order valence-electron chi connectivity index (χ1n) is 11.8. The molecule has 3 N–H and O–H groups in total. The van der Waals surface area contributed by atoms with Crippen LogP contribution in [0.3, 0.4) is 0 Å². The molecule has 4 heterocycles. The molecule has 3 amide bonds. The summed E-state index contributed by atoms with van der Waals surface area (Å²) in [5.74, 6) is -1.35. The van der Waals surface area contributed by atoms with E-state index in [-0.39, 0.29) is 23.1 Å². The van der Waals surface area contributed by atoms with Crippen LogP contribution in [-0.4, -0.2) is 78.4 Å². The second-order valence-electron chi connectivity index (χ2n) is 9.08. The predicted molar refractivity (Wildman–Crippen MR) is 130 cm³/mol. The van der Waals surface area contributed by atoms with Crippen LogP contribution in [0.4, 0.5) is 15.8 Å². The number of fused-ring (bicyclic) bond motifs is 2. The van der Waals surface area contributed by atoms with E-state index < -0.39 is 11.7 Å². The molecule has 0 spiro atoms. The zero-order chi connectivity index (χ0) is 24.7. The Hall–Kier alpha value is -3.50. The zero-order valence-corrected chi connectivity index (χ0v) is 19.8. The Morgan fingerprint density at radius 3 is 2.71 bits per heavy atom. The van der Waals surface area contributed by atoms with Crippen LogP contribution in [0.1, 0.15) is 39.8 Å². The second kappa shape index (κ2) is 9.27. The average Bonchev–Trinajstić information content (AvgIpc) is 3.31. The summed E-state index contributed by atoms with van der Waals surface area (Å²) in [5, 5.41) is 5.28. The highest BCUT2D eigenvalue weighted by atomic mass is 19.1. The van der Waals surface area contributed by atoms with Gasteiger partial charge in [0.25, 0.3) is 11.8 Å². The van der Waals surface area contributed by atoms with Crippen LogP contribution in [-0.2, 0) is 20.7 Å².